The van der Waals surface area contributed by atoms with Crippen molar-refractivity contribution in [2.45, 2.75) is 19.3 Å². The third-order valence-corrected chi connectivity index (χ3v) is 10.5. The lowest BCUT2D eigenvalue weighted by Gasteiger charge is -2.42. The Balaban J connectivity index is 1.21. The van der Waals surface area contributed by atoms with Crippen molar-refractivity contribution in [3.8, 4) is 5.69 Å². The molecular weight excluding hydrogens is 569 g/mol. The first kappa shape index (κ1) is 26.4. The maximum Gasteiger partial charge on any atom is 0.0547 e. The van der Waals surface area contributed by atoms with E-state index in [0.29, 0.717) is 0 Å². The second-order valence-corrected chi connectivity index (χ2v) is 13.4. The molecular formula is C45H32N2. The molecule has 1 aliphatic rings. The molecule has 10 rings (SSSR count). The van der Waals surface area contributed by atoms with E-state index in [1.165, 1.54) is 76.6 Å². The van der Waals surface area contributed by atoms with Crippen LogP contribution < -0.4 is 4.90 Å². The van der Waals surface area contributed by atoms with E-state index in [1.54, 1.807) is 0 Å². The van der Waals surface area contributed by atoms with Crippen molar-refractivity contribution < 1.29 is 0 Å². The number of hydrogen-bond acceptors (Lipinski definition) is 1. The van der Waals surface area contributed by atoms with Crippen molar-refractivity contribution >= 4 is 71.2 Å². The van der Waals surface area contributed by atoms with Gasteiger partial charge in [-0.05, 0) is 98.0 Å². The zero-order chi connectivity index (χ0) is 31.3. The van der Waals surface area contributed by atoms with Crippen LogP contribution in [0.25, 0.3) is 59.8 Å². The van der Waals surface area contributed by atoms with E-state index in [4.69, 9.17) is 0 Å². The molecule has 0 N–H and O–H groups in total. The zero-order valence-electron chi connectivity index (χ0n) is 26.4. The second-order valence-electron chi connectivity index (χ2n) is 13.4. The first-order valence-corrected chi connectivity index (χ1v) is 16.5. The summed E-state index contributed by atoms with van der Waals surface area (Å²) in [5.41, 5.74) is 9.85. The molecule has 0 saturated heterocycles. The van der Waals surface area contributed by atoms with Crippen LogP contribution in [0, 0.1) is 0 Å². The molecule has 0 amide bonds. The maximum absolute atomic E-state index is 2.44. The molecule has 0 spiro atoms. The lowest BCUT2D eigenvalue weighted by molar-refractivity contribution is 0.632. The quantitative estimate of drug-likeness (QED) is 0.179. The van der Waals surface area contributed by atoms with Crippen LogP contribution in [-0.2, 0) is 5.41 Å². The topological polar surface area (TPSA) is 8.17 Å². The zero-order valence-corrected chi connectivity index (χ0v) is 26.4. The largest absolute Gasteiger partial charge is 0.310 e. The monoisotopic (exact) mass is 600 g/mol. The first-order chi connectivity index (χ1) is 23.1. The molecule has 8 aromatic carbocycles. The van der Waals surface area contributed by atoms with Crippen LogP contribution in [0.1, 0.15) is 25.0 Å². The number of aromatic nitrogens is 1. The third kappa shape index (κ3) is 3.61. The van der Waals surface area contributed by atoms with Gasteiger partial charge in [-0.1, -0.05) is 117 Å². The van der Waals surface area contributed by atoms with E-state index >= 15 is 0 Å². The van der Waals surface area contributed by atoms with Gasteiger partial charge in [-0.2, -0.15) is 0 Å². The summed E-state index contributed by atoms with van der Waals surface area (Å²) in [6, 6.07) is 58.2. The molecule has 0 saturated carbocycles. The fourth-order valence-corrected chi connectivity index (χ4v) is 8.34. The van der Waals surface area contributed by atoms with Crippen LogP contribution in [0.2, 0.25) is 0 Å². The molecule has 0 fully saturated rings. The third-order valence-electron chi connectivity index (χ3n) is 10.5. The Kier molecular flexibility index (Phi) is 5.37. The highest BCUT2D eigenvalue weighted by Gasteiger charge is 2.36. The van der Waals surface area contributed by atoms with Crippen LogP contribution in [0.5, 0.6) is 0 Å². The predicted octanol–water partition coefficient (Wildman–Crippen LogP) is 12.4. The molecule has 2 heteroatoms. The van der Waals surface area contributed by atoms with Crippen LogP contribution in [0.3, 0.4) is 0 Å². The van der Waals surface area contributed by atoms with E-state index < -0.39 is 0 Å². The van der Waals surface area contributed by atoms with Gasteiger partial charge >= 0.3 is 0 Å². The number of rotatable bonds is 2. The highest BCUT2D eigenvalue weighted by molar-refractivity contribution is 6.28. The number of benzene rings is 8. The summed E-state index contributed by atoms with van der Waals surface area (Å²) in [6.07, 6.45) is 0. The molecule has 1 aliphatic heterocycles. The summed E-state index contributed by atoms with van der Waals surface area (Å²) in [5.74, 6) is 0. The predicted molar refractivity (Wildman–Crippen MR) is 200 cm³/mol. The number of para-hydroxylation sites is 3. The van der Waals surface area contributed by atoms with Crippen LogP contribution in [-0.4, -0.2) is 4.57 Å². The van der Waals surface area contributed by atoms with Gasteiger partial charge in [-0.3, -0.25) is 0 Å². The van der Waals surface area contributed by atoms with Crippen LogP contribution in [0.15, 0.2) is 158 Å². The summed E-state index contributed by atoms with van der Waals surface area (Å²) >= 11 is 0. The number of anilines is 3. The molecule has 0 unspecified atom stereocenters. The summed E-state index contributed by atoms with van der Waals surface area (Å²) in [5, 5.41) is 10.3. The van der Waals surface area contributed by atoms with E-state index in [9.17, 15) is 0 Å². The van der Waals surface area contributed by atoms with Crippen molar-refractivity contribution in [2.75, 3.05) is 4.90 Å². The standard InChI is InChI=1S/C45H32N2/c1-45(2)39-18-8-11-21-42(39)47(43-22-12-9-19-40(43)45)30-25-23-29(24-26-30)46-41-20-10-7-17-35(41)38-27-36-33-15-5-3-13-31(33)32-14-4-6-16-34(32)37(36)28-44(38)46/h3-28H,1-2H3. The molecule has 0 atom stereocenters. The average molecular weight is 601 g/mol. The van der Waals surface area contributed by atoms with E-state index in [-0.39, 0.29) is 5.41 Å². The molecule has 1 aromatic heterocycles. The van der Waals surface area contributed by atoms with Gasteiger partial charge in [0.05, 0.1) is 22.4 Å². The molecule has 9 aromatic rings. The summed E-state index contributed by atoms with van der Waals surface area (Å²) < 4.78 is 2.44. The van der Waals surface area contributed by atoms with Gasteiger partial charge in [-0.15, -0.1) is 0 Å². The molecule has 0 radical (unpaired) electrons. The Morgan fingerprint density at radius 2 is 0.809 bits per heavy atom. The van der Waals surface area contributed by atoms with E-state index in [1.807, 2.05) is 0 Å². The molecule has 47 heavy (non-hydrogen) atoms. The highest BCUT2D eigenvalue weighted by Crippen LogP contribution is 2.51. The fraction of sp³-hybridized carbons (Fsp3) is 0.0667. The average Bonchev–Trinajstić information content (AvgIpc) is 3.45. The molecule has 0 aliphatic carbocycles. The Hall–Kier alpha value is -5.86. The Morgan fingerprint density at radius 1 is 0.362 bits per heavy atom. The maximum atomic E-state index is 2.44. The van der Waals surface area contributed by atoms with Gasteiger partial charge in [0.1, 0.15) is 0 Å². The van der Waals surface area contributed by atoms with Crippen molar-refractivity contribution in [1.29, 1.82) is 0 Å². The van der Waals surface area contributed by atoms with E-state index in [0.717, 1.165) is 11.4 Å². The van der Waals surface area contributed by atoms with Crippen molar-refractivity contribution in [2.24, 2.45) is 0 Å². The number of fused-ring (bicyclic) bond motifs is 11. The normalized spacial score (nSPS) is 13.9. The highest BCUT2D eigenvalue weighted by atomic mass is 15.2. The molecule has 2 nitrogen and oxygen atoms in total. The van der Waals surface area contributed by atoms with Gasteiger partial charge < -0.3 is 9.47 Å². The minimum absolute atomic E-state index is 0.0785. The number of hydrogen-bond donors (Lipinski definition) is 0. The SMILES string of the molecule is CC1(C)c2ccccc2N(c2ccc(-n3c4ccccc4c4cc5c6ccccc6c6ccccc6c5cc43)cc2)c2ccccc21. The van der Waals surface area contributed by atoms with Crippen molar-refractivity contribution in [3.63, 3.8) is 0 Å². The van der Waals surface area contributed by atoms with Gasteiger partial charge in [0.2, 0.25) is 0 Å². The smallest absolute Gasteiger partial charge is 0.0547 e. The molecule has 222 valence electrons. The van der Waals surface area contributed by atoms with Crippen LogP contribution in [0.4, 0.5) is 17.1 Å². The summed E-state index contributed by atoms with van der Waals surface area (Å²) in [4.78, 5) is 2.43. The van der Waals surface area contributed by atoms with Gasteiger partial charge in [0.25, 0.3) is 0 Å². The van der Waals surface area contributed by atoms with E-state index in [2.05, 4.69) is 181 Å². The lowest BCUT2D eigenvalue weighted by atomic mass is 9.73. The summed E-state index contributed by atoms with van der Waals surface area (Å²) in [6.45, 7) is 4.67. The number of nitrogens with zero attached hydrogens (tertiary/aromatic N) is 2. The minimum Gasteiger partial charge on any atom is -0.310 e. The van der Waals surface area contributed by atoms with Crippen LogP contribution >= 0.6 is 0 Å². The van der Waals surface area contributed by atoms with Gasteiger partial charge in [-0.25, -0.2) is 0 Å². The fourth-order valence-electron chi connectivity index (χ4n) is 8.34. The lowest BCUT2D eigenvalue weighted by Crippen LogP contribution is -2.30. The van der Waals surface area contributed by atoms with Crippen molar-refractivity contribution in [3.05, 3.63) is 169 Å². The summed E-state index contributed by atoms with van der Waals surface area (Å²) in [7, 11) is 0. The minimum atomic E-state index is -0.0785. The Morgan fingerprint density at radius 3 is 1.40 bits per heavy atom. The molecule has 2 heterocycles. The Labute approximate surface area is 273 Å². The Bertz CT molecular complexity index is 2660. The van der Waals surface area contributed by atoms with Crippen molar-refractivity contribution in [1.82, 2.24) is 4.57 Å². The van der Waals surface area contributed by atoms with Gasteiger partial charge in [0.15, 0.2) is 0 Å². The van der Waals surface area contributed by atoms with Gasteiger partial charge in [0, 0.05) is 27.6 Å². The molecule has 0 bridgehead atoms. The first-order valence-electron chi connectivity index (χ1n) is 16.5. The second kappa shape index (κ2) is 9.57.